The molecule has 3 atom stereocenters. The molecular formula is C26H35ClN7O5PS. The number of nitrogens with zero attached hydrogens (tertiary/aromatic N) is 5. The fourth-order valence-electron chi connectivity index (χ4n) is 4.25. The van der Waals surface area contributed by atoms with Crippen LogP contribution < -0.4 is 19.5 Å². The van der Waals surface area contributed by atoms with Gasteiger partial charge in [-0.3, -0.25) is 9.80 Å². The molecule has 0 spiro atoms. The summed E-state index contributed by atoms with van der Waals surface area (Å²) in [5.41, 5.74) is 0.653. The van der Waals surface area contributed by atoms with Gasteiger partial charge in [-0.25, -0.2) is 20.0 Å². The van der Waals surface area contributed by atoms with E-state index in [9.17, 15) is 4.79 Å². The van der Waals surface area contributed by atoms with Crippen molar-refractivity contribution in [3.63, 3.8) is 0 Å². The second-order valence-electron chi connectivity index (χ2n) is 10.2. The molecule has 0 amide bonds. The first-order valence-corrected chi connectivity index (χ1v) is 16.2. The van der Waals surface area contributed by atoms with Crippen molar-refractivity contribution < 1.29 is 23.3 Å². The number of esters is 1. The van der Waals surface area contributed by atoms with E-state index in [1.807, 2.05) is 22.9 Å². The van der Waals surface area contributed by atoms with E-state index < -0.39 is 14.1 Å². The first-order chi connectivity index (χ1) is 19.8. The van der Waals surface area contributed by atoms with Gasteiger partial charge < -0.3 is 23.1 Å². The standard InChI is InChI=1S/C26H35ClN7O5PS/c1-17(34-16-30-22-23(33(2)32-41-4)28-15-29-24(22)34)13-21(36-3)14-37-40(39-20-7-5-18(27)6-8-20)31-26(11-12-26)25(35)38-19-9-10-19/h5-8,15-17,19,21,31-32H,9-14H2,1-4H3. The maximum atomic E-state index is 12.8. The third kappa shape index (κ3) is 7.59. The molecule has 0 aliphatic heterocycles. The number of hydrogen-bond donors (Lipinski definition) is 2. The minimum absolute atomic E-state index is 0.00483. The molecule has 0 saturated heterocycles. The number of methoxy groups -OCH3 is 1. The van der Waals surface area contributed by atoms with Gasteiger partial charge in [-0.15, -0.1) is 0 Å². The van der Waals surface area contributed by atoms with Crippen molar-refractivity contribution in [2.75, 3.05) is 32.0 Å². The third-order valence-corrected chi connectivity index (χ3v) is 9.00. The van der Waals surface area contributed by atoms with E-state index in [0.717, 1.165) is 18.5 Å². The number of halogens is 1. The molecule has 2 aromatic heterocycles. The van der Waals surface area contributed by atoms with Gasteiger partial charge in [0, 0.05) is 25.2 Å². The maximum Gasteiger partial charge on any atom is 0.327 e. The number of carbonyl (C=O) groups is 1. The molecule has 41 heavy (non-hydrogen) atoms. The van der Waals surface area contributed by atoms with Crippen LogP contribution in [0.25, 0.3) is 11.2 Å². The van der Waals surface area contributed by atoms with Gasteiger partial charge in [-0.2, -0.15) is 4.83 Å². The number of aromatic nitrogens is 4. The van der Waals surface area contributed by atoms with Gasteiger partial charge in [-0.05, 0) is 69.5 Å². The largest absolute Gasteiger partial charge is 0.461 e. The van der Waals surface area contributed by atoms with Crippen LogP contribution in [0.4, 0.5) is 5.82 Å². The summed E-state index contributed by atoms with van der Waals surface area (Å²) in [6, 6.07) is 7.03. The predicted octanol–water partition coefficient (Wildman–Crippen LogP) is 4.81. The fraction of sp³-hybridized carbons (Fsp3) is 0.538. The molecule has 2 saturated carbocycles. The number of anilines is 1. The van der Waals surface area contributed by atoms with E-state index >= 15 is 0 Å². The molecule has 5 rings (SSSR count). The Balaban J connectivity index is 1.25. The normalized spacial score (nSPS) is 18.1. The summed E-state index contributed by atoms with van der Waals surface area (Å²) in [6.45, 7) is 2.32. The zero-order chi connectivity index (χ0) is 29.0. The molecule has 12 nitrogen and oxygen atoms in total. The van der Waals surface area contributed by atoms with E-state index in [1.165, 1.54) is 18.3 Å². The highest BCUT2D eigenvalue weighted by Crippen LogP contribution is 2.48. The Hall–Kier alpha value is -2.25. The Kier molecular flexibility index (Phi) is 9.85. The highest BCUT2D eigenvalue weighted by atomic mass is 35.5. The van der Waals surface area contributed by atoms with Crippen LogP contribution in [0.5, 0.6) is 5.75 Å². The smallest absolute Gasteiger partial charge is 0.327 e. The topological polar surface area (TPSA) is 125 Å². The highest BCUT2D eigenvalue weighted by molar-refractivity contribution is 7.96. The van der Waals surface area contributed by atoms with Crippen molar-refractivity contribution >= 4 is 55.0 Å². The lowest BCUT2D eigenvalue weighted by molar-refractivity contribution is -0.148. The Morgan fingerprint density at radius 3 is 2.68 bits per heavy atom. The second-order valence-corrected chi connectivity index (χ2v) is 12.4. The van der Waals surface area contributed by atoms with E-state index in [4.69, 9.17) is 30.1 Å². The summed E-state index contributed by atoms with van der Waals surface area (Å²) in [4.78, 5) is 29.4. The fourth-order valence-corrected chi connectivity index (χ4v) is 6.18. The number of ether oxygens (including phenoxy) is 2. The predicted molar refractivity (Wildman–Crippen MR) is 160 cm³/mol. The van der Waals surface area contributed by atoms with Crippen LogP contribution in [-0.4, -0.2) is 70.3 Å². The Morgan fingerprint density at radius 2 is 2.02 bits per heavy atom. The number of benzene rings is 1. The van der Waals surface area contributed by atoms with E-state index in [2.05, 4.69) is 31.8 Å². The summed E-state index contributed by atoms with van der Waals surface area (Å²) < 4.78 is 25.8. The van der Waals surface area contributed by atoms with E-state index in [-0.39, 0.29) is 30.8 Å². The number of nitrogens with one attached hydrogen (secondary N) is 2. The molecule has 2 fully saturated rings. The average molecular weight is 624 g/mol. The van der Waals surface area contributed by atoms with Crippen molar-refractivity contribution in [2.45, 2.75) is 62.8 Å². The number of hydrogen-bond acceptors (Lipinski definition) is 12. The number of carbonyl (C=O) groups excluding carboxylic acids is 1. The minimum atomic E-state index is -1.69. The second kappa shape index (κ2) is 13.4. The molecule has 1 aromatic carbocycles. The highest BCUT2D eigenvalue weighted by Gasteiger charge is 2.55. The Labute approximate surface area is 249 Å². The van der Waals surface area contributed by atoms with Crippen LogP contribution in [0.3, 0.4) is 0 Å². The van der Waals surface area contributed by atoms with E-state index in [0.29, 0.717) is 41.4 Å². The lowest BCUT2D eigenvalue weighted by Gasteiger charge is -2.26. The summed E-state index contributed by atoms with van der Waals surface area (Å²) >= 11 is 7.52. The van der Waals surface area contributed by atoms with Gasteiger partial charge in [-0.1, -0.05) is 23.5 Å². The maximum absolute atomic E-state index is 12.8. The Morgan fingerprint density at radius 1 is 1.27 bits per heavy atom. The molecule has 222 valence electrons. The number of fused-ring (bicyclic) bond motifs is 1. The minimum Gasteiger partial charge on any atom is -0.461 e. The van der Waals surface area contributed by atoms with Gasteiger partial charge in [0.15, 0.2) is 17.0 Å². The van der Waals surface area contributed by atoms with Gasteiger partial charge in [0.25, 0.3) is 0 Å². The molecule has 3 unspecified atom stereocenters. The van der Waals surface area contributed by atoms with Crippen LogP contribution in [0.1, 0.15) is 45.1 Å². The van der Waals surface area contributed by atoms with Gasteiger partial charge in [0.1, 0.15) is 23.7 Å². The van der Waals surface area contributed by atoms with Crippen LogP contribution in [-0.2, 0) is 18.8 Å². The first kappa shape index (κ1) is 30.2. The summed E-state index contributed by atoms with van der Waals surface area (Å²) in [7, 11) is 1.85. The summed E-state index contributed by atoms with van der Waals surface area (Å²) in [6.07, 6.45) is 8.84. The molecule has 2 aliphatic rings. The van der Waals surface area contributed by atoms with Gasteiger partial charge in [0.2, 0.25) is 0 Å². The first-order valence-electron chi connectivity index (χ1n) is 13.4. The van der Waals surface area contributed by atoms with Crippen LogP contribution >= 0.6 is 32.1 Å². The molecular weight excluding hydrogens is 589 g/mol. The quantitative estimate of drug-likeness (QED) is 0.0984. The molecule has 2 heterocycles. The lowest BCUT2D eigenvalue weighted by atomic mass is 10.1. The third-order valence-electron chi connectivity index (χ3n) is 6.92. The van der Waals surface area contributed by atoms with Crippen molar-refractivity contribution in [2.24, 2.45) is 0 Å². The molecule has 2 N–H and O–H groups in total. The monoisotopic (exact) mass is 623 g/mol. The van der Waals surface area contributed by atoms with Crippen molar-refractivity contribution in [3.8, 4) is 5.75 Å². The van der Waals surface area contributed by atoms with Crippen molar-refractivity contribution in [1.82, 2.24) is 29.4 Å². The zero-order valence-corrected chi connectivity index (χ0v) is 25.9. The van der Waals surface area contributed by atoms with Crippen molar-refractivity contribution in [3.05, 3.63) is 41.9 Å². The molecule has 0 radical (unpaired) electrons. The lowest BCUT2D eigenvalue weighted by Crippen LogP contribution is -2.39. The van der Waals surface area contributed by atoms with Crippen LogP contribution in [0, 0.1) is 0 Å². The van der Waals surface area contributed by atoms with E-state index in [1.54, 1.807) is 37.7 Å². The zero-order valence-electron chi connectivity index (χ0n) is 23.4. The summed E-state index contributed by atoms with van der Waals surface area (Å²) in [5.74, 6) is 1.04. The van der Waals surface area contributed by atoms with Gasteiger partial charge in [0.05, 0.1) is 19.0 Å². The average Bonchev–Trinajstić information content (AvgIpc) is 3.90. The molecule has 0 bridgehead atoms. The molecule has 2 aliphatic carbocycles. The van der Waals surface area contributed by atoms with Gasteiger partial charge >= 0.3 is 14.5 Å². The van der Waals surface area contributed by atoms with Crippen molar-refractivity contribution in [1.29, 1.82) is 0 Å². The van der Waals surface area contributed by atoms with Crippen LogP contribution in [0.15, 0.2) is 36.9 Å². The number of rotatable bonds is 16. The van der Waals surface area contributed by atoms with Crippen LogP contribution in [0.2, 0.25) is 5.02 Å². The SMILES string of the molecule is COC(COP(NC1(C(=O)OC2CC2)CC1)Oc1ccc(Cl)cc1)CC(C)n1cnc2c(N(C)NSC)ncnc21. The molecule has 3 aromatic rings. The number of imidazole rings is 1. The Bertz CT molecular complexity index is 1330. The molecule has 15 heteroatoms. The number of hydrazine groups is 1. The summed E-state index contributed by atoms with van der Waals surface area (Å²) in [5, 5.41) is 5.74.